The van der Waals surface area contributed by atoms with Crippen molar-refractivity contribution in [2.75, 3.05) is 0 Å². The highest BCUT2D eigenvalue weighted by molar-refractivity contribution is 5.73. The molecule has 0 radical (unpaired) electrons. The van der Waals surface area contributed by atoms with E-state index < -0.39 is 0 Å². The lowest BCUT2D eigenvalue weighted by molar-refractivity contribution is -0.147. The molecule has 0 aromatic carbocycles. The first-order valence-corrected chi connectivity index (χ1v) is 5.85. The number of hydrogen-bond donors (Lipinski definition) is 0. The van der Waals surface area contributed by atoms with Gasteiger partial charge >= 0.3 is 5.97 Å². The van der Waals surface area contributed by atoms with Gasteiger partial charge in [-0.1, -0.05) is 12.8 Å². The third-order valence-electron chi connectivity index (χ3n) is 2.92. The minimum atomic E-state index is -0.145. The fraction of sp³-hybridized carbons (Fsp3) is 0.750. The van der Waals surface area contributed by atoms with Gasteiger partial charge in [0.25, 0.3) is 0 Å². The van der Waals surface area contributed by atoms with Crippen LogP contribution in [0, 0.1) is 0 Å². The molecule has 2 aliphatic heterocycles. The van der Waals surface area contributed by atoms with Crippen molar-refractivity contribution in [1.82, 2.24) is 0 Å². The first-order chi connectivity index (χ1) is 7.25. The molecule has 1 atom stereocenters. The second-order valence-electron chi connectivity index (χ2n) is 4.38. The monoisotopic (exact) mass is 210 g/mol. The van der Waals surface area contributed by atoms with Crippen molar-refractivity contribution < 1.29 is 14.3 Å². The lowest BCUT2D eigenvalue weighted by Crippen LogP contribution is -2.14. The van der Waals surface area contributed by atoms with E-state index in [0.29, 0.717) is 6.42 Å². The first kappa shape index (κ1) is 10.5. The van der Waals surface area contributed by atoms with Crippen molar-refractivity contribution in [3.8, 4) is 0 Å². The number of cyclic esters (lactones) is 1. The van der Waals surface area contributed by atoms with Gasteiger partial charge in [0.15, 0.2) is 5.76 Å². The fourth-order valence-corrected chi connectivity index (χ4v) is 1.98. The molecule has 84 valence electrons. The van der Waals surface area contributed by atoms with E-state index in [0.717, 1.165) is 30.8 Å². The number of carbonyl (C=O) groups is 1. The third kappa shape index (κ3) is 3.26. The minimum Gasteiger partial charge on any atom is -0.462 e. The van der Waals surface area contributed by atoms with Gasteiger partial charge in [-0.25, -0.2) is 0 Å². The summed E-state index contributed by atoms with van der Waals surface area (Å²) < 4.78 is 10.5. The fourth-order valence-electron chi connectivity index (χ4n) is 1.98. The van der Waals surface area contributed by atoms with E-state index in [1.54, 1.807) is 0 Å². The largest absolute Gasteiger partial charge is 0.462 e. The molecule has 0 fully saturated rings. The molecule has 0 N–H and O–H groups in total. The SMILES string of the molecule is CC1CCCCCCC2=C(CC(=O)O1)O2. The summed E-state index contributed by atoms with van der Waals surface area (Å²) in [6.45, 7) is 1.96. The van der Waals surface area contributed by atoms with Gasteiger partial charge < -0.3 is 9.47 Å². The molecule has 2 aliphatic rings. The van der Waals surface area contributed by atoms with Crippen molar-refractivity contribution in [3.63, 3.8) is 0 Å². The smallest absolute Gasteiger partial charge is 0.313 e. The Labute approximate surface area is 90.4 Å². The van der Waals surface area contributed by atoms with E-state index in [-0.39, 0.29) is 12.1 Å². The zero-order chi connectivity index (χ0) is 10.7. The molecule has 15 heavy (non-hydrogen) atoms. The van der Waals surface area contributed by atoms with Crippen molar-refractivity contribution in [2.45, 2.75) is 58.0 Å². The molecule has 0 bridgehead atoms. The number of ether oxygens (including phenoxy) is 2. The van der Waals surface area contributed by atoms with Crippen LogP contribution in [0.15, 0.2) is 11.5 Å². The molecule has 2 heterocycles. The molecule has 3 nitrogen and oxygen atoms in total. The zero-order valence-electron chi connectivity index (χ0n) is 9.25. The number of rotatable bonds is 0. The van der Waals surface area contributed by atoms with Crippen LogP contribution in [-0.4, -0.2) is 12.1 Å². The second kappa shape index (κ2) is 4.69. The lowest BCUT2D eigenvalue weighted by atomic mass is 10.1. The average Bonchev–Trinajstić information content (AvgIpc) is 2.87. The van der Waals surface area contributed by atoms with E-state index >= 15 is 0 Å². The topological polar surface area (TPSA) is 38.8 Å². The average molecular weight is 210 g/mol. The quantitative estimate of drug-likeness (QED) is 0.577. The van der Waals surface area contributed by atoms with E-state index in [2.05, 4.69) is 0 Å². The molecule has 1 unspecified atom stereocenters. The molecule has 0 aliphatic carbocycles. The predicted octanol–water partition coefficient (Wildman–Crippen LogP) is 2.90. The van der Waals surface area contributed by atoms with Gasteiger partial charge in [-0.15, -0.1) is 0 Å². The van der Waals surface area contributed by atoms with Crippen LogP contribution >= 0.6 is 0 Å². The van der Waals surface area contributed by atoms with Crippen molar-refractivity contribution in [3.05, 3.63) is 11.5 Å². The van der Waals surface area contributed by atoms with Crippen LogP contribution in [-0.2, 0) is 14.3 Å². The molecular weight excluding hydrogens is 192 g/mol. The van der Waals surface area contributed by atoms with Crippen LogP contribution in [0.3, 0.4) is 0 Å². The van der Waals surface area contributed by atoms with Crippen molar-refractivity contribution >= 4 is 5.97 Å². The molecule has 0 spiro atoms. The number of allylic oxidation sites excluding steroid dienone is 1. The van der Waals surface area contributed by atoms with Gasteiger partial charge in [0.2, 0.25) is 0 Å². The highest BCUT2D eigenvalue weighted by atomic mass is 16.6. The van der Waals surface area contributed by atoms with Gasteiger partial charge in [0.1, 0.15) is 12.2 Å². The molecule has 0 saturated heterocycles. The predicted molar refractivity (Wildman–Crippen MR) is 56.0 cm³/mol. The summed E-state index contributed by atoms with van der Waals surface area (Å²) in [5.74, 6) is 1.74. The van der Waals surface area contributed by atoms with E-state index in [1.807, 2.05) is 6.92 Å². The summed E-state index contributed by atoms with van der Waals surface area (Å²) >= 11 is 0. The highest BCUT2D eigenvalue weighted by Gasteiger charge is 2.28. The Morgan fingerprint density at radius 3 is 2.80 bits per heavy atom. The van der Waals surface area contributed by atoms with Crippen LogP contribution in [0.5, 0.6) is 0 Å². The Balaban J connectivity index is 1.89. The maximum absolute atomic E-state index is 11.4. The van der Waals surface area contributed by atoms with E-state index in [1.165, 1.54) is 19.3 Å². The normalized spacial score (nSPS) is 28.1. The van der Waals surface area contributed by atoms with Gasteiger partial charge in [-0.3, -0.25) is 4.79 Å². The second-order valence-corrected chi connectivity index (χ2v) is 4.38. The molecule has 0 aromatic rings. The van der Waals surface area contributed by atoms with Crippen LogP contribution in [0.2, 0.25) is 0 Å². The summed E-state index contributed by atoms with van der Waals surface area (Å²) in [5.41, 5.74) is 0. The summed E-state index contributed by atoms with van der Waals surface area (Å²) in [4.78, 5) is 11.4. The van der Waals surface area contributed by atoms with Gasteiger partial charge in [0, 0.05) is 6.42 Å². The minimum absolute atomic E-state index is 0.0553. The van der Waals surface area contributed by atoms with Crippen molar-refractivity contribution in [2.24, 2.45) is 0 Å². The summed E-state index contributed by atoms with van der Waals surface area (Å²) in [5, 5.41) is 0. The third-order valence-corrected chi connectivity index (χ3v) is 2.92. The standard InChI is InChI=1S/C12H18O3/c1-9-6-4-2-3-5-7-10-11(15-10)8-12(13)14-9/h9H,2-8H2,1H3. The Hall–Kier alpha value is -0.990. The van der Waals surface area contributed by atoms with Crippen LogP contribution in [0.4, 0.5) is 0 Å². The summed E-state index contributed by atoms with van der Waals surface area (Å²) in [7, 11) is 0. The first-order valence-electron chi connectivity index (χ1n) is 5.85. The maximum Gasteiger partial charge on any atom is 0.313 e. The van der Waals surface area contributed by atoms with Gasteiger partial charge in [-0.05, 0) is 26.2 Å². The van der Waals surface area contributed by atoms with Crippen molar-refractivity contribution in [1.29, 1.82) is 0 Å². The highest BCUT2D eigenvalue weighted by Crippen LogP contribution is 2.34. The van der Waals surface area contributed by atoms with Crippen LogP contribution in [0.25, 0.3) is 0 Å². The zero-order valence-corrected chi connectivity index (χ0v) is 9.25. The molecule has 0 saturated carbocycles. The van der Waals surface area contributed by atoms with Gasteiger partial charge in [0.05, 0.1) is 6.10 Å². The molecule has 3 heteroatoms. The Morgan fingerprint density at radius 2 is 1.93 bits per heavy atom. The van der Waals surface area contributed by atoms with Gasteiger partial charge in [-0.2, -0.15) is 0 Å². The number of carbonyl (C=O) groups excluding carboxylic acids is 1. The number of hydrogen-bond acceptors (Lipinski definition) is 3. The summed E-state index contributed by atoms with van der Waals surface area (Å²) in [6.07, 6.45) is 7.19. The maximum atomic E-state index is 11.4. The number of esters is 1. The molecular formula is C12H18O3. The molecule has 2 rings (SSSR count). The summed E-state index contributed by atoms with van der Waals surface area (Å²) in [6, 6.07) is 0. The lowest BCUT2D eigenvalue weighted by Gasteiger charge is -2.12. The van der Waals surface area contributed by atoms with E-state index in [9.17, 15) is 4.79 Å². The Kier molecular flexibility index (Phi) is 3.29. The molecule has 0 amide bonds. The molecule has 0 aromatic heterocycles. The Morgan fingerprint density at radius 1 is 1.13 bits per heavy atom. The Bertz CT molecular complexity index is 281. The van der Waals surface area contributed by atoms with E-state index in [4.69, 9.17) is 9.47 Å². The van der Waals surface area contributed by atoms with Crippen LogP contribution < -0.4 is 0 Å². The van der Waals surface area contributed by atoms with Crippen LogP contribution in [0.1, 0.15) is 51.9 Å².